The van der Waals surface area contributed by atoms with E-state index in [2.05, 4.69) is 4.90 Å². The van der Waals surface area contributed by atoms with Crippen LogP contribution in [-0.4, -0.2) is 24.0 Å². The topological polar surface area (TPSA) is 29.3 Å². The lowest BCUT2D eigenvalue weighted by Gasteiger charge is -2.30. The highest BCUT2D eigenvalue weighted by molar-refractivity contribution is 6.42. The summed E-state index contributed by atoms with van der Waals surface area (Å²) in [5.41, 5.74) is 7.03. The van der Waals surface area contributed by atoms with E-state index in [0.717, 1.165) is 31.6 Å². The normalized spacial score (nSPS) is 22.3. The van der Waals surface area contributed by atoms with E-state index in [1.54, 1.807) is 0 Å². The van der Waals surface area contributed by atoms with E-state index in [9.17, 15) is 0 Å². The average Bonchev–Trinajstić information content (AvgIpc) is 2.25. The van der Waals surface area contributed by atoms with Gasteiger partial charge in [0, 0.05) is 19.1 Å². The molecular formula is C12H16Cl2N2. The Bertz CT molecular complexity index is 368. The predicted octanol–water partition coefficient (Wildman–Crippen LogP) is 2.92. The first-order chi connectivity index (χ1) is 7.66. The van der Waals surface area contributed by atoms with Crippen molar-refractivity contribution in [3.05, 3.63) is 33.8 Å². The fourth-order valence-corrected chi connectivity index (χ4v) is 2.53. The lowest BCUT2D eigenvalue weighted by molar-refractivity contribution is 0.201. The fourth-order valence-electron chi connectivity index (χ4n) is 2.15. The fraction of sp³-hybridized carbons (Fsp3) is 0.500. The molecule has 1 fully saturated rings. The van der Waals surface area contributed by atoms with Gasteiger partial charge in [-0.1, -0.05) is 35.3 Å². The molecule has 0 aliphatic carbocycles. The molecule has 1 aromatic rings. The van der Waals surface area contributed by atoms with Crippen LogP contribution in [0.1, 0.15) is 18.4 Å². The molecule has 1 unspecified atom stereocenters. The molecule has 1 aliphatic heterocycles. The zero-order valence-electron chi connectivity index (χ0n) is 9.13. The average molecular weight is 259 g/mol. The van der Waals surface area contributed by atoms with Crippen LogP contribution in [-0.2, 0) is 6.54 Å². The van der Waals surface area contributed by atoms with Crippen LogP contribution in [0.25, 0.3) is 0 Å². The number of rotatable bonds is 2. The van der Waals surface area contributed by atoms with Gasteiger partial charge in [0.25, 0.3) is 0 Å². The van der Waals surface area contributed by atoms with Gasteiger partial charge in [0.15, 0.2) is 0 Å². The van der Waals surface area contributed by atoms with Crippen molar-refractivity contribution in [3.8, 4) is 0 Å². The van der Waals surface area contributed by atoms with Gasteiger partial charge in [0.1, 0.15) is 0 Å². The maximum absolute atomic E-state index is 6.16. The largest absolute Gasteiger partial charge is 0.327 e. The second-order valence-electron chi connectivity index (χ2n) is 4.35. The summed E-state index contributed by atoms with van der Waals surface area (Å²) in [4.78, 5) is 2.34. The standard InChI is InChI=1S/C12H16Cl2N2/c13-11-5-1-3-9(12(11)14)7-16-6-2-4-10(15)8-16/h1,3,5,10H,2,4,6-8,15H2. The van der Waals surface area contributed by atoms with E-state index in [-0.39, 0.29) is 0 Å². The van der Waals surface area contributed by atoms with Gasteiger partial charge in [-0.2, -0.15) is 0 Å². The summed E-state index contributed by atoms with van der Waals surface area (Å²) in [6.07, 6.45) is 2.29. The van der Waals surface area contributed by atoms with Crippen LogP contribution in [0.2, 0.25) is 10.0 Å². The van der Waals surface area contributed by atoms with Gasteiger partial charge < -0.3 is 5.73 Å². The summed E-state index contributed by atoms with van der Waals surface area (Å²) in [7, 11) is 0. The second-order valence-corrected chi connectivity index (χ2v) is 5.14. The van der Waals surface area contributed by atoms with Crippen LogP contribution in [0.4, 0.5) is 0 Å². The summed E-state index contributed by atoms with van der Waals surface area (Å²) >= 11 is 12.1. The number of hydrogen-bond acceptors (Lipinski definition) is 2. The number of likely N-dealkylation sites (tertiary alicyclic amines) is 1. The molecule has 2 rings (SSSR count). The molecule has 2 N–H and O–H groups in total. The third-order valence-electron chi connectivity index (χ3n) is 2.97. The molecule has 88 valence electrons. The smallest absolute Gasteiger partial charge is 0.0637 e. The number of nitrogens with zero attached hydrogens (tertiary/aromatic N) is 1. The number of benzene rings is 1. The molecule has 0 amide bonds. The van der Waals surface area contributed by atoms with Gasteiger partial charge in [-0.25, -0.2) is 0 Å². The molecule has 0 spiro atoms. The van der Waals surface area contributed by atoms with Crippen LogP contribution in [0, 0.1) is 0 Å². The maximum atomic E-state index is 6.16. The molecule has 0 aromatic heterocycles. The number of piperidine rings is 1. The van der Waals surface area contributed by atoms with Crippen molar-refractivity contribution in [1.82, 2.24) is 4.90 Å². The first-order valence-corrected chi connectivity index (χ1v) is 6.33. The van der Waals surface area contributed by atoms with Gasteiger partial charge in [-0.05, 0) is 31.0 Å². The Kier molecular flexibility index (Phi) is 4.09. The molecule has 1 heterocycles. The van der Waals surface area contributed by atoms with Crippen molar-refractivity contribution < 1.29 is 0 Å². The first kappa shape index (κ1) is 12.2. The molecule has 0 saturated carbocycles. The van der Waals surface area contributed by atoms with E-state index in [0.29, 0.717) is 16.1 Å². The summed E-state index contributed by atoms with van der Waals surface area (Å²) < 4.78 is 0. The van der Waals surface area contributed by atoms with Crippen LogP contribution >= 0.6 is 23.2 Å². The molecule has 16 heavy (non-hydrogen) atoms. The summed E-state index contributed by atoms with van der Waals surface area (Å²) in [6.45, 7) is 2.88. The lowest BCUT2D eigenvalue weighted by atomic mass is 10.1. The Morgan fingerprint density at radius 1 is 1.38 bits per heavy atom. The number of nitrogens with two attached hydrogens (primary N) is 1. The molecule has 1 saturated heterocycles. The molecule has 4 heteroatoms. The lowest BCUT2D eigenvalue weighted by Crippen LogP contribution is -2.42. The van der Waals surface area contributed by atoms with E-state index < -0.39 is 0 Å². The molecule has 1 atom stereocenters. The minimum atomic E-state index is 0.298. The Morgan fingerprint density at radius 2 is 2.19 bits per heavy atom. The Morgan fingerprint density at radius 3 is 2.94 bits per heavy atom. The SMILES string of the molecule is NC1CCCN(Cc2cccc(Cl)c2Cl)C1. The molecular weight excluding hydrogens is 243 g/mol. The molecule has 2 nitrogen and oxygen atoms in total. The highest BCUT2D eigenvalue weighted by Gasteiger charge is 2.17. The van der Waals surface area contributed by atoms with Gasteiger partial charge in [-0.3, -0.25) is 4.90 Å². The molecule has 0 radical (unpaired) electrons. The van der Waals surface area contributed by atoms with Gasteiger partial charge >= 0.3 is 0 Å². The third-order valence-corrected chi connectivity index (χ3v) is 3.83. The van der Waals surface area contributed by atoms with E-state index >= 15 is 0 Å². The summed E-state index contributed by atoms with van der Waals surface area (Å²) in [5.74, 6) is 0. The minimum Gasteiger partial charge on any atom is -0.327 e. The van der Waals surface area contributed by atoms with Crippen LogP contribution < -0.4 is 5.73 Å². The Labute approximate surface area is 106 Å². The molecule has 1 aromatic carbocycles. The monoisotopic (exact) mass is 258 g/mol. The highest BCUT2D eigenvalue weighted by Crippen LogP contribution is 2.27. The van der Waals surface area contributed by atoms with Crippen LogP contribution in [0.5, 0.6) is 0 Å². The van der Waals surface area contributed by atoms with Crippen molar-refractivity contribution in [2.45, 2.75) is 25.4 Å². The number of halogens is 2. The van der Waals surface area contributed by atoms with Crippen molar-refractivity contribution >= 4 is 23.2 Å². The van der Waals surface area contributed by atoms with Gasteiger partial charge in [0.05, 0.1) is 10.0 Å². The van der Waals surface area contributed by atoms with E-state index in [1.165, 1.54) is 6.42 Å². The molecule has 1 aliphatic rings. The zero-order chi connectivity index (χ0) is 11.5. The second kappa shape index (κ2) is 5.37. The van der Waals surface area contributed by atoms with Crippen molar-refractivity contribution in [2.75, 3.05) is 13.1 Å². The molecule has 0 bridgehead atoms. The Hall–Kier alpha value is -0.280. The van der Waals surface area contributed by atoms with Gasteiger partial charge in [0.2, 0.25) is 0 Å². The zero-order valence-corrected chi connectivity index (χ0v) is 10.6. The first-order valence-electron chi connectivity index (χ1n) is 5.57. The van der Waals surface area contributed by atoms with Gasteiger partial charge in [-0.15, -0.1) is 0 Å². The Balaban J connectivity index is 2.05. The summed E-state index contributed by atoms with van der Waals surface area (Å²) in [5, 5.41) is 1.30. The van der Waals surface area contributed by atoms with E-state index in [4.69, 9.17) is 28.9 Å². The summed E-state index contributed by atoms with van der Waals surface area (Å²) in [6, 6.07) is 6.07. The minimum absolute atomic E-state index is 0.298. The maximum Gasteiger partial charge on any atom is 0.0637 e. The van der Waals surface area contributed by atoms with Crippen molar-refractivity contribution in [2.24, 2.45) is 5.73 Å². The van der Waals surface area contributed by atoms with Crippen molar-refractivity contribution in [1.29, 1.82) is 0 Å². The van der Waals surface area contributed by atoms with E-state index in [1.807, 2.05) is 18.2 Å². The van der Waals surface area contributed by atoms with Crippen molar-refractivity contribution in [3.63, 3.8) is 0 Å². The van der Waals surface area contributed by atoms with Crippen LogP contribution in [0.3, 0.4) is 0 Å². The van der Waals surface area contributed by atoms with Crippen LogP contribution in [0.15, 0.2) is 18.2 Å². The quantitative estimate of drug-likeness (QED) is 0.884. The number of hydrogen-bond donors (Lipinski definition) is 1. The highest BCUT2D eigenvalue weighted by atomic mass is 35.5. The third kappa shape index (κ3) is 2.89. The predicted molar refractivity (Wildman–Crippen MR) is 68.9 cm³/mol.